The summed E-state index contributed by atoms with van der Waals surface area (Å²) in [7, 11) is 1.69. The predicted molar refractivity (Wildman–Crippen MR) is 78.8 cm³/mol. The van der Waals surface area contributed by atoms with Crippen LogP contribution in [-0.4, -0.2) is 45.8 Å². The van der Waals surface area contributed by atoms with Crippen molar-refractivity contribution < 1.29 is 9.53 Å². The largest absolute Gasteiger partial charge is 0.384 e. The lowest BCUT2D eigenvalue weighted by Gasteiger charge is -2.23. The molecule has 3 rings (SSSR count). The maximum absolute atomic E-state index is 12.5. The van der Waals surface area contributed by atoms with Crippen molar-refractivity contribution >= 4 is 17.2 Å². The van der Waals surface area contributed by atoms with Crippen molar-refractivity contribution in [1.82, 2.24) is 19.7 Å². The Hall–Kier alpha value is -1.73. The smallest absolute Gasteiger partial charge is 0.227 e. The highest BCUT2D eigenvalue weighted by Gasteiger charge is 2.26. The Balaban J connectivity index is 1.75. The van der Waals surface area contributed by atoms with Crippen LogP contribution in [0.15, 0.2) is 23.2 Å². The van der Waals surface area contributed by atoms with E-state index in [1.165, 1.54) is 0 Å². The van der Waals surface area contributed by atoms with Gasteiger partial charge in [0.2, 0.25) is 5.91 Å². The zero-order chi connectivity index (χ0) is 14.7. The molecule has 0 radical (unpaired) electrons. The summed E-state index contributed by atoms with van der Waals surface area (Å²) >= 11 is 1.61. The molecule has 7 heteroatoms. The van der Waals surface area contributed by atoms with E-state index in [1.807, 2.05) is 26.4 Å². The molecule has 0 saturated heterocycles. The number of carbonyl (C=O) groups is 1. The Bertz CT molecular complexity index is 596. The van der Waals surface area contributed by atoms with Gasteiger partial charge in [0, 0.05) is 26.1 Å². The van der Waals surface area contributed by atoms with Gasteiger partial charge in [-0.1, -0.05) is 0 Å². The summed E-state index contributed by atoms with van der Waals surface area (Å²) in [5, 5.41) is 8.25. The van der Waals surface area contributed by atoms with E-state index in [0.29, 0.717) is 26.1 Å². The van der Waals surface area contributed by atoms with Crippen molar-refractivity contribution in [2.24, 2.45) is 5.92 Å². The highest BCUT2D eigenvalue weighted by Crippen LogP contribution is 2.16. The number of hydrogen-bond acceptors (Lipinski definition) is 5. The fourth-order valence-corrected chi connectivity index (χ4v) is 3.29. The summed E-state index contributed by atoms with van der Waals surface area (Å²) in [6, 6.07) is 2.00. The minimum atomic E-state index is 0.131. The van der Waals surface area contributed by atoms with Gasteiger partial charge in [-0.2, -0.15) is 16.4 Å². The molecule has 1 amide bonds. The molecule has 1 aliphatic rings. The first-order chi connectivity index (χ1) is 10.3. The number of ether oxygens (including phenoxy) is 1. The van der Waals surface area contributed by atoms with Gasteiger partial charge in [-0.25, -0.2) is 9.67 Å². The molecule has 0 unspecified atom stereocenters. The van der Waals surface area contributed by atoms with Crippen molar-refractivity contribution in [3.8, 4) is 0 Å². The van der Waals surface area contributed by atoms with E-state index >= 15 is 0 Å². The summed E-state index contributed by atoms with van der Waals surface area (Å²) < 4.78 is 7.14. The summed E-state index contributed by atoms with van der Waals surface area (Å²) in [5.74, 6) is 1.21. The third-order valence-electron chi connectivity index (χ3n) is 3.63. The average molecular weight is 306 g/mol. The fraction of sp³-hybridized carbons (Fsp3) is 0.500. The topological polar surface area (TPSA) is 60.2 Å². The summed E-state index contributed by atoms with van der Waals surface area (Å²) in [6.07, 6.45) is 1.99. The first kappa shape index (κ1) is 14.2. The fourth-order valence-electron chi connectivity index (χ4n) is 2.62. The second-order valence-corrected chi connectivity index (χ2v) is 6.04. The molecule has 0 N–H and O–H groups in total. The van der Waals surface area contributed by atoms with E-state index in [0.717, 1.165) is 17.9 Å². The van der Waals surface area contributed by atoms with Crippen LogP contribution in [0.4, 0.5) is 0 Å². The van der Waals surface area contributed by atoms with E-state index in [9.17, 15) is 4.79 Å². The number of fused-ring (bicyclic) bond motifs is 1. The van der Waals surface area contributed by atoms with Gasteiger partial charge >= 0.3 is 0 Å². The molecule has 21 heavy (non-hydrogen) atoms. The Labute approximate surface area is 127 Å². The van der Waals surface area contributed by atoms with Crippen molar-refractivity contribution in [1.29, 1.82) is 0 Å². The Kier molecular flexibility index (Phi) is 4.31. The summed E-state index contributed by atoms with van der Waals surface area (Å²) in [5.41, 5.74) is 1.07. The molecule has 112 valence electrons. The SMILES string of the molecule is COC[C@H]1CN(C(=O)Cc2ccsc2)Cc2ncnn2C1. The van der Waals surface area contributed by atoms with Crippen LogP contribution in [0.3, 0.4) is 0 Å². The van der Waals surface area contributed by atoms with Crippen molar-refractivity contribution in [2.45, 2.75) is 19.5 Å². The highest BCUT2D eigenvalue weighted by atomic mass is 32.1. The number of rotatable bonds is 4. The van der Waals surface area contributed by atoms with E-state index in [2.05, 4.69) is 10.1 Å². The first-order valence-electron chi connectivity index (χ1n) is 6.90. The molecule has 3 heterocycles. The Morgan fingerprint density at radius 3 is 3.19 bits per heavy atom. The summed E-state index contributed by atoms with van der Waals surface area (Å²) in [4.78, 5) is 18.7. The van der Waals surface area contributed by atoms with Crippen LogP contribution < -0.4 is 0 Å². The molecule has 0 spiro atoms. The van der Waals surface area contributed by atoms with E-state index in [-0.39, 0.29) is 11.8 Å². The minimum absolute atomic E-state index is 0.131. The maximum Gasteiger partial charge on any atom is 0.227 e. The minimum Gasteiger partial charge on any atom is -0.384 e. The average Bonchev–Trinajstić information content (AvgIpc) is 3.08. The van der Waals surface area contributed by atoms with E-state index in [4.69, 9.17) is 4.74 Å². The molecule has 6 nitrogen and oxygen atoms in total. The monoisotopic (exact) mass is 306 g/mol. The number of amides is 1. The highest BCUT2D eigenvalue weighted by molar-refractivity contribution is 7.07. The van der Waals surface area contributed by atoms with Gasteiger partial charge < -0.3 is 9.64 Å². The second-order valence-electron chi connectivity index (χ2n) is 5.26. The van der Waals surface area contributed by atoms with E-state index in [1.54, 1.807) is 24.8 Å². The number of thiophene rings is 1. The van der Waals surface area contributed by atoms with Crippen LogP contribution in [0.25, 0.3) is 0 Å². The zero-order valence-electron chi connectivity index (χ0n) is 11.9. The van der Waals surface area contributed by atoms with Gasteiger partial charge in [0.15, 0.2) is 0 Å². The van der Waals surface area contributed by atoms with Gasteiger partial charge in [-0.05, 0) is 22.4 Å². The molecule has 0 bridgehead atoms. The lowest BCUT2D eigenvalue weighted by Crippen LogP contribution is -2.36. The number of methoxy groups -OCH3 is 1. The molecule has 2 aromatic heterocycles. The van der Waals surface area contributed by atoms with Crippen LogP contribution in [0.1, 0.15) is 11.4 Å². The third kappa shape index (κ3) is 3.30. The van der Waals surface area contributed by atoms with E-state index < -0.39 is 0 Å². The number of hydrogen-bond donors (Lipinski definition) is 0. The first-order valence-corrected chi connectivity index (χ1v) is 7.85. The Morgan fingerprint density at radius 2 is 2.43 bits per heavy atom. The molecule has 2 aromatic rings. The standard InChI is InChI=1S/C14H18N4O2S/c1-20-8-12-5-17(7-13-15-10-16-18(13)6-12)14(19)4-11-2-3-21-9-11/h2-3,9-10,12H,4-8H2,1H3/t12-/m0/s1. The van der Waals surface area contributed by atoms with Gasteiger partial charge in [-0.15, -0.1) is 0 Å². The lowest BCUT2D eigenvalue weighted by molar-refractivity contribution is -0.131. The van der Waals surface area contributed by atoms with Crippen LogP contribution in [0.2, 0.25) is 0 Å². The number of nitrogens with zero attached hydrogens (tertiary/aromatic N) is 4. The quantitative estimate of drug-likeness (QED) is 0.851. The molecule has 0 aromatic carbocycles. The van der Waals surface area contributed by atoms with Gasteiger partial charge in [-0.3, -0.25) is 4.79 Å². The van der Waals surface area contributed by atoms with Gasteiger partial charge in [0.1, 0.15) is 12.2 Å². The number of aromatic nitrogens is 3. The Morgan fingerprint density at radius 1 is 1.52 bits per heavy atom. The van der Waals surface area contributed by atoms with Crippen LogP contribution >= 0.6 is 11.3 Å². The number of carbonyl (C=O) groups excluding carboxylic acids is 1. The molecule has 0 aliphatic carbocycles. The molecular formula is C14H18N4O2S. The maximum atomic E-state index is 12.5. The van der Waals surface area contributed by atoms with Crippen LogP contribution in [0.5, 0.6) is 0 Å². The van der Waals surface area contributed by atoms with Crippen molar-refractivity contribution in [2.75, 3.05) is 20.3 Å². The molecular weight excluding hydrogens is 288 g/mol. The second kappa shape index (κ2) is 6.36. The third-order valence-corrected chi connectivity index (χ3v) is 4.36. The zero-order valence-corrected chi connectivity index (χ0v) is 12.8. The van der Waals surface area contributed by atoms with Crippen molar-refractivity contribution in [3.63, 3.8) is 0 Å². The van der Waals surface area contributed by atoms with Crippen LogP contribution in [0, 0.1) is 5.92 Å². The molecule has 1 atom stereocenters. The predicted octanol–water partition coefficient (Wildman–Crippen LogP) is 1.19. The van der Waals surface area contributed by atoms with Gasteiger partial charge in [0.05, 0.1) is 19.6 Å². The lowest BCUT2D eigenvalue weighted by atomic mass is 10.1. The van der Waals surface area contributed by atoms with Crippen LogP contribution in [-0.2, 0) is 29.0 Å². The summed E-state index contributed by atoms with van der Waals surface area (Å²) in [6.45, 7) is 2.55. The molecule has 0 saturated carbocycles. The normalized spacial score (nSPS) is 18.3. The molecule has 0 fully saturated rings. The molecule has 1 aliphatic heterocycles. The van der Waals surface area contributed by atoms with Crippen molar-refractivity contribution in [3.05, 3.63) is 34.5 Å². The van der Waals surface area contributed by atoms with Gasteiger partial charge in [0.25, 0.3) is 0 Å².